The van der Waals surface area contributed by atoms with Gasteiger partial charge in [-0.05, 0) is 12.1 Å². The molecule has 0 amide bonds. The molecule has 122 valence electrons. The minimum absolute atomic E-state index is 0.178. The highest BCUT2D eigenvalue weighted by Gasteiger charge is 2.32. The van der Waals surface area contributed by atoms with Gasteiger partial charge in [-0.25, -0.2) is 25.3 Å². The molecule has 9 nitrogen and oxygen atoms in total. The Labute approximate surface area is 127 Å². The molecule has 0 bridgehead atoms. The Morgan fingerprint density at radius 1 is 1.00 bits per heavy atom. The molecule has 0 N–H and O–H groups in total. The summed E-state index contributed by atoms with van der Waals surface area (Å²) < 4.78 is 75.9. The van der Waals surface area contributed by atoms with Crippen molar-refractivity contribution in [2.75, 3.05) is 19.6 Å². The Balaban J connectivity index is 4.12. The fourth-order valence-corrected chi connectivity index (χ4v) is 5.33. The molecular formula is C10H12N2O7S3. The molecule has 1 aromatic rings. The molecular weight excluding hydrogens is 356 g/mol. The van der Waals surface area contributed by atoms with Crippen molar-refractivity contribution in [2.24, 2.45) is 0 Å². The van der Waals surface area contributed by atoms with E-state index in [2.05, 4.69) is 4.79 Å². The van der Waals surface area contributed by atoms with Crippen LogP contribution in [0.1, 0.15) is 0 Å². The normalized spacial score (nSPS) is 12.5. The lowest BCUT2D eigenvalue weighted by Crippen LogP contribution is -2.13. The number of methoxy groups -OCH3 is 1. The molecule has 0 saturated carbocycles. The number of sulfone groups is 3. The average molecular weight is 368 g/mol. The third kappa shape index (κ3) is 3.53. The summed E-state index contributed by atoms with van der Waals surface area (Å²) in [7, 11) is -11.4. The maximum absolute atomic E-state index is 11.9. The lowest BCUT2D eigenvalue weighted by molar-refractivity contribution is 0.00752. The van der Waals surface area contributed by atoms with E-state index in [1.54, 1.807) is 0 Å². The zero-order valence-electron chi connectivity index (χ0n) is 11.7. The third-order valence-corrected chi connectivity index (χ3v) is 6.23. The summed E-state index contributed by atoms with van der Waals surface area (Å²) in [5.41, 5.74) is 8.55. The van der Waals surface area contributed by atoms with Crippen LogP contribution in [0.25, 0.3) is 5.53 Å². The van der Waals surface area contributed by atoms with Crippen molar-refractivity contribution in [1.82, 2.24) is 0 Å². The van der Waals surface area contributed by atoms with E-state index in [4.69, 9.17) is 10.3 Å². The van der Waals surface area contributed by atoms with E-state index in [-0.39, 0.29) is 5.55 Å². The van der Waals surface area contributed by atoms with Crippen molar-refractivity contribution in [3.63, 3.8) is 0 Å². The van der Waals surface area contributed by atoms with Gasteiger partial charge in [0.25, 0.3) is 9.84 Å². The second kappa shape index (κ2) is 5.80. The first-order valence-corrected chi connectivity index (χ1v) is 10.7. The summed E-state index contributed by atoms with van der Waals surface area (Å²) in [5.74, 6) is -0.662. The van der Waals surface area contributed by atoms with Gasteiger partial charge in [0.05, 0.1) is 12.0 Å². The van der Waals surface area contributed by atoms with Gasteiger partial charge >= 0.3 is 5.55 Å². The molecule has 22 heavy (non-hydrogen) atoms. The van der Waals surface area contributed by atoms with Gasteiger partial charge in [-0.15, -0.1) is 0 Å². The Bertz CT molecular complexity index is 970. The fraction of sp³-hybridized carbons (Fsp3) is 0.300. The molecule has 0 spiro atoms. The number of benzene rings is 1. The molecule has 0 aliphatic carbocycles. The zero-order chi connectivity index (χ0) is 17.3. The molecule has 0 heterocycles. The monoisotopic (exact) mass is 368 g/mol. The van der Waals surface area contributed by atoms with Gasteiger partial charge in [-0.2, -0.15) is 4.79 Å². The number of ether oxygens (including phenoxy) is 1. The van der Waals surface area contributed by atoms with E-state index in [9.17, 15) is 25.3 Å². The van der Waals surface area contributed by atoms with E-state index in [0.717, 1.165) is 31.8 Å². The largest absolute Gasteiger partial charge is 0.494 e. The van der Waals surface area contributed by atoms with Gasteiger partial charge in [0.15, 0.2) is 25.4 Å². The molecule has 0 radical (unpaired) electrons. The van der Waals surface area contributed by atoms with Gasteiger partial charge in [-0.1, -0.05) is 0 Å². The van der Waals surface area contributed by atoms with Crippen LogP contribution < -0.4 is 4.74 Å². The van der Waals surface area contributed by atoms with E-state index < -0.39 is 49.9 Å². The average Bonchev–Trinajstić information content (AvgIpc) is 2.34. The molecule has 0 saturated heterocycles. The van der Waals surface area contributed by atoms with Gasteiger partial charge in [-0.3, -0.25) is 0 Å². The lowest BCUT2D eigenvalue weighted by Gasteiger charge is -2.13. The summed E-state index contributed by atoms with van der Waals surface area (Å²) in [6.07, 6.45) is 1.50. The summed E-state index contributed by atoms with van der Waals surface area (Å²) in [6, 6.07) is 1.70. The predicted octanol–water partition coefficient (Wildman–Crippen LogP) is -0.466. The van der Waals surface area contributed by atoms with Crippen LogP contribution >= 0.6 is 0 Å². The maximum Gasteiger partial charge on any atom is 0.374 e. The van der Waals surface area contributed by atoms with Gasteiger partial charge in [0.2, 0.25) is 0 Å². The SMILES string of the molecule is COc1c(S(=O)(=O)C=[N+]=[N-])ccc(S(C)(=O)=O)c1S(C)(=O)=O. The second-order valence-electron chi connectivity index (χ2n) is 4.23. The van der Waals surface area contributed by atoms with Crippen LogP contribution in [-0.4, -0.2) is 55.2 Å². The number of hydrogen-bond acceptors (Lipinski definition) is 7. The Kier molecular flexibility index (Phi) is 4.82. The molecule has 0 aliphatic heterocycles. The molecule has 0 aromatic heterocycles. The van der Waals surface area contributed by atoms with Crippen molar-refractivity contribution >= 4 is 35.1 Å². The first-order valence-electron chi connectivity index (χ1n) is 5.40. The molecule has 0 aliphatic rings. The van der Waals surface area contributed by atoms with Gasteiger partial charge in [0, 0.05) is 12.5 Å². The number of rotatable bonds is 5. The molecule has 1 aromatic carbocycles. The highest BCUT2D eigenvalue weighted by molar-refractivity contribution is 8.04. The van der Waals surface area contributed by atoms with Crippen molar-refractivity contribution in [3.05, 3.63) is 17.7 Å². The summed E-state index contributed by atoms with van der Waals surface area (Å²) >= 11 is 0. The van der Waals surface area contributed by atoms with Crippen LogP contribution in [0.5, 0.6) is 5.75 Å². The minimum Gasteiger partial charge on any atom is -0.494 e. The van der Waals surface area contributed by atoms with E-state index >= 15 is 0 Å². The topological polar surface area (TPSA) is 148 Å². The van der Waals surface area contributed by atoms with Crippen LogP contribution in [0.2, 0.25) is 0 Å². The molecule has 1 rings (SSSR count). The standard InChI is InChI=1S/C10H12N2O7S3/c1-19-9-7(22(17,18)6-12-11)4-5-8(20(2,13)14)10(9)21(3,15)16/h4-6H,1-3H3. The van der Waals surface area contributed by atoms with Crippen LogP contribution in [0.3, 0.4) is 0 Å². The van der Waals surface area contributed by atoms with Crippen molar-refractivity contribution < 1.29 is 34.8 Å². The Hall–Kier alpha value is -1.75. The number of hydrogen-bond donors (Lipinski definition) is 0. The highest BCUT2D eigenvalue weighted by Crippen LogP contribution is 2.36. The Morgan fingerprint density at radius 2 is 1.50 bits per heavy atom. The van der Waals surface area contributed by atoms with Gasteiger partial charge < -0.3 is 10.3 Å². The van der Waals surface area contributed by atoms with E-state index in [0.29, 0.717) is 0 Å². The summed E-state index contributed by atoms with van der Waals surface area (Å²) in [5, 5.41) is 0. The van der Waals surface area contributed by atoms with Crippen molar-refractivity contribution in [3.8, 4) is 5.75 Å². The molecule has 0 fully saturated rings. The second-order valence-corrected chi connectivity index (χ2v) is 9.91. The molecule has 12 heteroatoms. The van der Waals surface area contributed by atoms with E-state index in [1.807, 2.05) is 0 Å². The smallest absolute Gasteiger partial charge is 0.374 e. The minimum atomic E-state index is -4.32. The third-order valence-electron chi connectivity index (χ3n) is 2.51. The molecule has 0 unspecified atom stereocenters. The van der Waals surface area contributed by atoms with Crippen molar-refractivity contribution in [2.45, 2.75) is 14.7 Å². The highest BCUT2D eigenvalue weighted by atomic mass is 32.2. The first-order chi connectivity index (χ1) is 9.86. The van der Waals surface area contributed by atoms with Crippen LogP contribution in [0, 0.1) is 0 Å². The number of nitrogens with zero attached hydrogens (tertiary/aromatic N) is 2. The van der Waals surface area contributed by atoms with E-state index in [1.165, 1.54) is 0 Å². The predicted molar refractivity (Wildman–Crippen MR) is 76.1 cm³/mol. The zero-order valence-corrected chi connectivity index (χ0v) is 14.2. The lowest BCUT2D eigenvalue weighted by atomic mass is 10.3. The van der Waals surface area contributed by atoms with Crippen LogP contribution in [0.15, 0.2) is 26.8 Å². The van der Waals surface area contributed by atoms with Crippen molar-refractivity contribution in [1.29, 1.82) is 0 Å². The summed E-state index contributed by atoms with van der Waals surface area (Å²) in [4.78, 5) is 0.383. The maximum atomic E-state index is 11.9. The summed E-state index contributed by atoms with van der Waals surface area (Å²) in [6.45, 7) is 0. The first kappa shape index (κ1) is 18.3. The van der Waals surface area contributed by atoms with Crippen LogP contribution in [-0.2, 0) is 29.5 Å². The quantitative estimate of drug-likeness (QED) is 0.295. The molecule has 0 atom stereocenters. The Morgan fingerprint density at radius 3 is 1.86 bits per heavy atom. The van der Waals surface area contributed by atoms with Crippen LogP contribution in [0.4, 0.5) is 0 Å². The van der Waals surface area contributed by atoms with Gasteiger partial charge in [0.1, 0.15) is 9.79 Å². The fourth-order valence-electron chi connectivity index (χ4n) is 1.71.